The third-order valence-electron chi connectivity index (χ3n) is 4.17. The molecule has 0 N–H and O–H groups in total. The van der Waals surface area contributed by atoms with E-state index in [2.05, 4.69) is 42.8 Å². The molecule has 0 aliphatic rings. The normalized spacial score (nSPS) is 10.5. The van der Waals surface area contributed by atoms with Gasteiger partial charge in [-0.25, -0.2) is 0 Å². The molecule has 24 heavy (non-hydrogen) atoms. The van der Waals surface area contributed by atoms with Crippen molar-refractivity contribution in [1.82, 2.24) is 4.90 Å². The zero-order valence-electron chi connectivity index (χ0n) is 15.3. The van der Waals surface area contributed by atoms with Gasteiger partial charge < -0.3 is 9.64 Å². The Morgan fingerprint density at radius 3 is 2.33 bits per heavy atom. The van der Waals surface area contributed by atoms with E-state index in [1.54, 1.807) is 0 Å². The van der Waals surface area contributed by atoms with Gasteiger partial charge >= 0.3 is 5.97 Å². The number of aryl methyl sites for hydroxylation is 2. The lowest BCUT2D eigenvalue weighted by atomic mass is 10.1. The van der Waals surface area contributed by atoms with E-state index in [4.69, 9.17) is 0 Å². The van der Waals surface area contributed by atoms with Crippen molar-refractivity contribution in [3.63, 3.8) is 0 Å². The number of carbonyl (C=O) groups is 2. The molecule has 0 aromatic heterocycles. The van der Waals surface area contributed by atoms with Crippen LogP contribution in [0.2, 0.25) is 0 Å². The van der Waals surface area contributed by atoms with Crippen molar-refractivity contribution in [1.29, 1.82) is 0 Å². The van der Waals surface area contributed by atoms with Crippen molar-refractivity contribution in [2.75, 3.05) is 20.2 Å². The fourth-order valence-electron chi connectivity index (χ4n) is 2.60. The van der Waals surface area contributed by atoms with Crippen LogP contribution in [0.4, 0.5) is 0 Å². The molecule has 0 atom stereocenters. The summed E-state index contributed by atoms with van der Waals surface area (Å²) in [5, 5.41) is 0. The Hall–Kier alpha value is -1.84. The molecule has 0 heterocycles. The predicted molar refractivity (Wildman–Crippen MR) is 96.9 cm³/mol. The first-order valence-corrected chi connectivity index (χ1v) is 8.97. The Bertz CT molecular complexity index is 496. The highest BCUT2D eigenvalue weighted by Crippen LogP contribution is 2.10. The predicted octanol–water partition coefficient (Wildman–Crippen LogP) is 3.90. The lowest BCUT2D eigenvalue weighted by Crippen LogP contribution is -2.34. The van der Waals surface area contributed by atoms with Crippen LogP contribution in [0.25, 0.3) is 0 Å². The first-order chi connectivity index (χ1) is 11.6. The van der Waals surface area contributed by atoms with Gasteiger partial charge in [-0.2, -0.15) is 0 Å². The van der Waals surface area contributed by atoms with Gasteiger partial charge in [0.05, 0.1) is 13.5 Å². The average Bonchev–Trinajstić information content (AvgIpc) is 2.59. The molecule has 0 spiro atoms. The summed E-state index contributed by atoms with van der Waals surface area (Å²) in [4.78, 5) is 25.6. The van der Waals surface area contributed by atoms with Crippen LogP contribution in [0, 0.1) is 6.92 Å². The molecule has 0 saturated carbocycles. The standard InChI is InChI=1S/C20H31NO3/c1-4-5-6-15-21(16-14-20(23)24-3)19(22)9-7-8-18-12-10-17(2)11-13-18/h10-13H,4-9,14-16H2,1-3H3. The number of hydrogen-bond donors (Lipinski definition) is 0. The summed E-state index contributed by atoms with van der Waals surface area (Å²) in [6.07, 6.45) is 5.75. The van der Waals surface area contributed by atoms with Crippen molar-refractivity contribution in [3.05, 3.63) is 35.4 Å². The molecule has 1 aromatic carbocycles. The monoisotopic (exact) mass is 333 g/mol. The van der Waals surface area contributed by atoms with Gasteiger partial charge in [-0.1, -0.05) is 49.6 Å². The number of hydrogen-bond acceptors (Lipinski definition) is 3. The van der Waals surface area contributed by atoms with E-state index in [1.807, 2.05) is 4.90 Å². The summed E-state index contributed by atoms with van der Waals surface area (Å²) in [5.41, 5.74) is 2.51. The van der Waals surface area contributed by atoms with E-state index < -0.39 is 0 Å². The fourth-order valence-corrected chi connectivity index (χ4v) is 2.60. The number of benzene rings is 1. The second kappa shape index (κ2) is 11.7. The minimum absolute atomic E-state index is 0.141. The zero-order valence-corrected chi connectivity index (χ0v) is 15.3. The Balaban J connectivity index is 2.43. The molecule has 0 unspecified atom stereocenters. The fraction of sp³-hybridized carbons (Fsp3) is 0.600. The molecule has 4 nitrogen and oxygen atoms in total. The summed E-state index contributed by atoms with van der Waals surface area (Å²) < 4.78 is 4.68. The Morgan fingerprint density at radius 2 is 1.71 bits per heavy atom. The molecule has 0 aliphatic carbocycles. The number of rotatable bonds is 11. The molecule has 0 saturated heterocycles. The second-order valence-electron chi connectivity index (χ2n) is 6.25. The number of esters is 1. The average molecular weight is 333 g/mol. The summed E-state index contributed by atoms with van der Waals surface area (Å²) in [6.45, 7) is 5.40. The maximum Gasteiger partial charge on any atom is 0.307 e. The van der Waals surface area contributed by atoms with E-state index in [-0.39, 0.29) is 18.3 Å². The number of methoxy groups -OCH3 is 1. The SMILES string of the molecule is CCCCCN(CCC(=O)OC)C(=O)CCCc1ccc(C)cc1. The van der Waals surface area contributed by atoms with Crippen molar-refractivity contribution in [2.45, 2.75) is 58.8 Å². The summed E-state index contributed by atoms with van der Waals surface area (Å²) in [5.74, 6) is -0.120. The Morgan fingerprint density at radius 1 is 1.00 bits per heavy atom. The highest BCUT2D eigenvalue weighted by Gasteiger charge is 2.14. The number of amides is 1. The van der Waals surface area contributed by atoms with E-state index in [1.165, 1.54) is 18.2 Å². The first-order valence-electron chi connectivity index (χ1n) is 8.97. The molecular formula is C20H31NO3. The minimum Gasteiger partial charge on any atom is -0.469 e. The third kappa shape index (κ3) is 8.14. The smallest absolute Gasteiger partial charge is 0.307 e. The van der Waals surface area contributed by atoms with Crippen LogP contribution in [-0.2, 0) is 20.7 Å². The molecule has 1 rings (SSSR count). The van der Waals surface area contributed by atoms with Crippen LogP contribution in [0.5, 0.6) is 0 Å². The molecule has 0 bridgehead atoms. The molecule has 0 fully saturated rings. The third-order valence-corrected chi connectivity index (χ3v) is 4.17. The summed E-state index contributed by atoms with van der Waals surface area (Å²) >= 11 is 0. The van der Waals surface area contributed by atoms with Crippen molar-refractivity contribution >= 4 is 11.9 Å². The van der Waals surface area contributed by atoms with Gasteiger partial charge in [-0.05, 0) is 31.7 Å². The number of nitrogens with zero attached hydrogens (tertiary/aromatic N) is 1. The van der Waals surface area contributed by atoms with Gasteiger partial charge in [-0.3, -0.25) is 9.59 Å². The van der Waals surface area contributed by atoms with Gasteiger partial charge in [0, 0.05) is 19.5 Å². The van der Waals surface area contributed by atoms with Crippen LogP contribution >= 0.6 is 0 Å². The molecule has 0 aliphatic heterocycles. The Kier molecular flexibility index (Phi) is 9.81. The highest BCUT2D eigenvalue weighted by atomic mass is 16.5. The quantitative estimate of drug-likeness (QED) is 0.456. The molecule has 134 valence electrons. The number of carbonyl (C=O) groups excluding carboxylic acids is 2. The van der Waals surface area contributed by atoms with Gasteiger partial charge in [0.2, 0.25) is 5.91 Å². The zero-order chi connectivity index (χ0) is 17.8. The maximum atomic E-state index is 12.5. The van der Waals surface area contributed by atoms with Gasteiger partial charge in [0.1, 0.15) is 0 Å². The lowest BCUT2D eigenvalue weighted by Gasteiger charge is -2.22. The van der Waals surface area contributed by atoms with Gasteiger partial charge in [0.15, 0.2) is 0 Å². The van der Waals surface area contributed by atoms with Crippen LogP contribution in [-0.4, -0.2) is 37.0 Å². The van der Waals surface area contributed by atoms with Crippen LogP contribution in [0.3, 0.4) is 0 Å². The highest BCUT2D eigenvalue weighted by molar-refractivity contribution is 5.77. The minimum atomic E-state index is -0.261. The van der Waals surface area contributed by atoms with E-state index in [0.29, 0.717) is 13.0 Å². The first kappa shape index (κ1) is 20.2. The molecule has 0 radical (unpaired) electrons. The van der Waals surface area contributed by atoms with Crippen LogP contribution < -0.4 is 0 Å². The molecule has 1 amide bonds. The van der Waals surface area contributed by atoms with Crippen molar-refractivity contribution in [3.8, 4) is 0 Å². The number of unbranched alkanes of at least 4 members (excludes halogenated alkanes) is 2. The largest absolute Gasteiger partial charge is 0.469 e. The van der Waals surface area contributed by atoms with Gasteiger partial charge in [0.25, 0.3) is 0 Å². The number of ether oxygens (including phenoxy) is 1. The van der Waals surface area contributed by atoms with E-state index >= 15 is 0 Å². The van der Waals surface area contributed by atoms with E-state index in [0.717, 1.165) is 38.6 Å². The van der Waals surface area contributed by atoms with Crippen LogP contribution in [0.15, 0.2) is 24.3 Å². The van der Waals surface area contributed by atoms with Crippen molar-refractivity contribution < 1.29 is 14.3 Å². The van der Waals surface area contributed by atoms with Crippen LogP contribution in [0.1, 0.15) is 56.6 Å². The summed E-state index contributed by atoms with van der Waals surface area (Å²) in [7, 11) is 1.38. The second-order valence-corrected chi connectivity index (χ2v) is 6.25. The maximum absolute atomic E-state index is 12.5. The summed E-state index contributed by atoms with van der Waals surface area (Å²) in [6, 6.07) is 8.45. The van der Waals surface area contributed by atoms with E-state index in [9.17, 15) is 9.59 Å². The molecular weight excluding hydrogens is 302 g/mol. The topological polar surface area (TPSA) is 46.6 Å². The molecule has 4 heteroatoms. The van der Waals surface area contributed by atoms with Crippen molar-refractivity contribution in [2.24, 2.45) is 0 Å². The lowest BCUT2D eigenvalue weighted by molar-refractivity contribution is -0.141. The Labute approximate surface area is 146 Å². The molecule has 1 aromatic rings. The van der Waals surface area contributed by atoms with Gasteiger partial charge in [-0.15, -0.1) is 0 Å².